The summed E-state index contributed by atoms with van der Waals surface area (Å²) in [6.07, 6.45) is 1.51. The quantitative estimate of drug-likeness (QED) is 0.558. The molecule has 8 heteroatoms. The predicted molar refractivity (Wildman–Crippen MR) is 127 cm³/mol. The number of piperazine rings is 1. The van der Waals surface area contributed by atoms with Gasteiger partial charge in [0.25, 0.3) is 11.8 Å². The van der Waals surface area contributed by atoms with Crippen LogP contribution in [0.3, 0.4) is 0 Å². The van der Waals surface area contributed by atoms with E-state index in [9.17, 15) is 9.59 Å². The van der Waals surface area contributed by atoms with Gasteiger partial charge < -0.3 is 24.3 Å². The van der Waals surface area contributed by atoms with Gasteiger partial charge >= 0.3 is 0 Å². The summed E-state index contributed by atoms with van der Waals surface area (Å²) >= 11 is 3.44. The number of carbonyl (C=O) groups excluding carboxylic acids is 2. The largest absolute Gasteiger partial charge is 0.496 e. The molecule has 0 saturated carbocycles. The molecule has 0 spiro atoms. The molecule has 0 atom stereocenters. The van der Waals surface area contributed by atoms with Gasteiger partial charge in [0.05, 0.1) is 18.9 Å². The minimum absolute atomic E-state index is 0.0778. The summed E-state index contributed by atoms with van der Waals surface area (Å²) in [5.74, 6) is 0.620. The van der Waals surface area contributed by atoms with Crippen molar-refractivity contribution in [3.8, 4) is 5.75 Å². The Balaban J connectivity index is 1.38. The molecule has 0 bridgehead atoms. The Morgan fingerprint density at radius 3 is 2.41 bits per heavy atom. The number of hydrogen-bond donors (Lipinski definition) is 1. The molecular weight excluding hydrogens is 474 g/mol. The number of carbonyl (C=O) groups is 2. The van der Waals surface area contributed by atoms with Crippen LogP contribution in [-0.2, 0) is 0 Å². The summed E-state index contributed by atoms with van der Waals surface area (Å²) < 4.78 is 11.5. The lowest BCUT2D eigenvalue weighted by Crippen LogP contribution is -2.48. The maximum Gasteiger partial charge on any atom is 0.289 e. The molecule has 1 aliphatic heterocycles. The van der Waals surface area contributed by atoms with Gasteiger partial charge in [0, 0.05) is 42.0 Å². The Bertz CT molecular complexity index is 1110. The van der Waals surface area contributed by atoms with Crippen LogP contribution in [0.2, 0.25) is 0 Å². The van der Waals surface area contributed by atoms with Gasteiger partial charge in [0.2, 0.25) is 0 Å². The van der Waals surface area contributed by atoms with Crippen molar-refractivity contribution >= 4 is 39.1 Å². The molecule has 1 fully saturated rings. The highest BCUT2D eigenvalue weighted by atomic mass is 79.9. The molecule has 3 aromatic rings. The standard InChI is InChI=1S/C24H24BrN3O4/c1-16-14-17(25)15-20(22(16)31-2)23(29)26-18-5-7-19(8-6-18)27-9-11-28(12-10-27)24(30)21-4-3-13-32-21/h3-8,13-15H,9-12H2,1-2H3,(H,26,29). The van der Waals surface area contributed by atoms with Gasteiger partial charge in [-0.15, -0.1) is 0 Å². The highest BCUT2D eigenvalue weighted by Gasteiger charge is 2.24. The van der Waals surface area contributed by atoms with Crippen molar-refractivity contribution in [2.24, 2.45) is 0 Å². The first-order valence-corrected chi connectivity index (χ1v) is 11.1. The summed E-state index contributed by atoms with van der Waals surface area (Å²) in [5.41, 5.74) is 3.10. The molecule has 0 radical (unpaired) electrons. The van der Waals surface area contributed by atoms with E-state index in [1.165, 1.54) is 6.26 Å². The second-order valence-electron chi connectivity index (χ2n) is 7.56. The lowest BCUT2D eigenvalue weighted by atomic mass is 10.1. The highest BCUT2D eigenvalue weighted by molar-refractivity contribution is 9.10. The Hall–Kier alpha value is -3.26. The molecule has 1 aliphatic rings. The number of ether oxygens (including phenoxy) is 1. The van der Waals surface area contributed by atoms with Crippen LogP contribution in [0.1, 0.15) is 26.5 Å². The first-order chi connectivity index (χ1) is 15.5. The van der Waals surface area contributed by atoms with E-state index in [0.717, 1.165) is 28.8 Å². The number of rotatable bonds is 5. The first-order valence-electron chi connectivity index (χ1n) is 10.3. The van der Waals surface area contributed by atoms with E-state index in [-0.39, 0.29) is 11.8 Å². The molecular formula is C24H24BrN3O4. The topological polar surface area (TPSA) is 75.0 Å². The number of nitrogens with zero attached hydrogens (tertiary/aromatic N) is 2. The van der Waals surface area contributed by atoms with Crippen molar-refractivity contribution in [1.29, 1.82) is 0 Å². The van der Waals surface area contributed by atoms with Gasteiger partial charge in [0.1, 0.15) is 5.75 Å². The molecule has 2 amide bonds. The minimum atomic E-state index is -0.232. The Kier molecular flexibility index (Phi) is 6.50. The molecule has 1 aromatic heterocycles. The number of hydrogen-bond acceptors (Lipinski definition) is 5. The summed E-state index contributed by atoms with van der Waals surface area (Å²) in [6.45, 7) is 4.61. The minimum Gasteiger partial charge on any atom is -0.496 e. The summed E-state index contributed by atoms with van der Waals surface area (Å²) in [4.78, 5) is 29.3. The van der Waals surface area contributed by atoms with Crippen LogP contribution < -0.4 is 15.0 Å². The van der Waals surface area contributed by atoms with Gasteiger partial charge in [0.15, 0.2) is 5.76 Å². The highest BCUT2D eigenvalue weighted by Crippen LogP contribution is 2.29. The molecule has 1 N–H and O–H groups in total. The fourth-order valence-electron chi connectivity index (χ4n) is 3.85. The third-order valence-electron chi connectivity index (χ3n) is 5.48. The van der Waals surface area contributed by atoms with Gasteiger partial charge in [-0.3, -0.25) is 9.59 Å². The van der Waals surface area contributed by atoms with E-state index in [2.05, 4.69) is 26.1 Å². The number of aryl methyl sites for hydroxylation is 1. The summed E-state index contributed by atoms with van der Waals surface area (Å²) in [5, 5.41) is 2.93. The summed E-state index contributed by atoms with van der Waals surface area (Å²) in [6, 6.07) is 14.8. The fourth-order valence-corrected chi connectivity index (χ4v) is 4.42. The SMILES string of the molecule is COc1c(C)cc(Br)cc1C(=O)Nc1ccc(N2CCN(C(=O)c3ccco3)CC2)cc1. The normalized spacial score (nSPS) is 13.7. The Morgan fingerprint density at radius 1 is 1.06 bits per heavy atom. The predicted octanol–water partition coefficient (Wildman–Crippen LogP) is 4.57. The van der Waals surface area contributed by atoms with Gasteiger partial charge in [-0.05, 0) is 61.0 Å². The van der Waals surface area contributed by atoms with E-state index in [1.54, 1.807) is 30.2 Å². The molecule has 0 unspecified atom stereocenters. The zero-order chi connectivity index (χ0) is 22.7. The van der Waals surface area contributed by atoms with Crippen molar-refractivity contribution in [2.45, 2.75) is 6.92 Å². The number of nitrogens with one attached hydrogen (secondary N) is 1. The maximum atomic E-state index is 12.8. The molecule has 0 aliphatic carbocycles. The molecule has 32 heavy (non-hydrogen) atoms. The van der Waals surface area contributed by atoms with Crippen molar-refractivity contribution in [3.63, 3.8) is 0 Å². The van der Waals surface area contributed by atoms with E-state index >= 15 is 0 Å². The number of halogens is 1. The smallest absolute Gasteiger partial charge is 0.289 e. The third-order valence-corrected chi connectivity index (χ3v) is 5.94. The van der Waals surface area contributed by atoms with Crippen molar-refractivity contribution in [2.75, 3.05) is 43.5 Å². The fraction of sp³-hybridized carbons (Fsp3) is 0.250. The van der Waals surface area contributed by atoms with E-state index < -0.39 is 0 Å². The van der Waals surface area contributed by atoms with Crippen molar-refractivity contribution in [3.05, 3.63) is 76.2 Å². The van der Waals surface area contributed by atoms with Crippen LogP contribution in [0.15, 0.2) is 63.7 Å². The average molecular weight is 498 g/mol. The lowest BCUT2D eigenvalue weighted by molar-refractivity contribution is 0.0714. The average Bonchev–Trinajstić information content (AvgIpc) is 3.34. The number of furan rings is 1. The van der Waals surface area contributed by atoms with Gasteiger partial charge in [-0.1, -0.05) is 15.9 Å². The molecule has 2 aromatic carbocycles. The van der Waals surface area contributed by atoms with E-state index in [4.69, 9.17) is 9.15 Å². The number of amides is 2. The van der Waals surface area contributed by atoms with Crippen LogP contribution in [0.5, 0.6) is 5.75 Å². The molecule has 2 heterocycles. The number of benzene rings is 2. The number of anilines is 2. The van der Waals surface area contributed by atoms with E-state index in [1.807, 2.05) is 37.3 Å². The second-order valence-corrected chi connectivity index (χ2v) is 8.48. The first kappa shape index (κ1) is 22.0. The van der Waals surface area contributed by atoms with Crippen LogP contribution in [0, 0.1) is 6.92 Å². The molecule has 7 nitrogen and oxygen atoms in total. The molecule has 166 valence electrons. The van der Waals surface area contributed by atoms with Crippen LogP contribution in [0.4, 0.5) is 11.4 Å². The van der Waals surface area contributed by atoms with Crippen LogP contribution in [-0.4, -0.2) is 50.0 Å². The number of methoxy groups -OCH3 is 1. The van der Waals surface area contributed by atoms with Crippen LogP contribution in [0.25, 0.3) is 0 Å². The molecule has 4 rings (SSSR count). The van der Waals surface area contributed by atoms with Gasteiger partial charge in [-0.25, -0.2) is 0 Å². The van der Waals surface area contributed by atoms with E-state index in [0.29, 0.717) is 35.9 Å². The monoisotopic (exact) mass is 497 g/mol. The zero-order valence-corrected chi connectivity index (χ0v) is 19.5. The molecule has 1 saturated heterocycles. The Morgan fingerprint density at radius 2 is 1.78 bits per heavy atom. The third kappa shape index (κ3) is 4.65. The lowest BCUT2D eigenvalue weighted by Gasteiger charge is -2.35. The zero-order valence-electron chi connectivity index (χ0n) is 17.9. The second kappa shape index (κ2) is 9.48. The van der Waals surface area contributed by atoms with Gasteiger partial charge in [-0.2, -0.15) is 0 Å². The maximum absolute atomic E-state index is 12.8. The summed E-state index contributed by atoms with van der Waals surface area (Å²) in [7, 11) is 1.56. The van der Waals surface area contributed by atoms with Crippen molar-refractivity contribution in [1.82, 2.24) is 4.90 Å². The van der Waals surface area contributed by atoms with Crippen molar-refractivity contribution < 1.29 is 18.7 Å². The Labute approximate surface area is 195 Å². The van der Waals surface area contributed by atoms with Crippen LogP contribution >= 0.6 is 15.9 Å².